The summed E-state index contributed by atoms with van der Waals surface area (Å²) in [7, 11) is 3.82. The van der Waals surface area contributed by atoms with Gasteiger partial charge >= 0.3 is 6.03 Å². The second kappa shape index (κ2) is 14.2. The molecule has 2 amide bonds. The third kappa shape index (κ3) is 6.94. The van der Waals surface area contributed by atoms with Crippen LogP contribution in [0.4, 0.5) is 39.2 Å². The van der Waals surface area contributed by atoms with Crippen LogP contribution in [0.2, 0.25) is 0 Å². The molecule has 1 fully saturated rings. The number of amides is 2. The fourth-order valence-corrected chi connectivity index (χ4v) is 5.58. The molecule has 1 aliphatic heterocycles. The van der Waals surface area contributed by atoms with Crippen molar-refractivity contribution in [3.8, 4) is 5.75 Å². The smallest absolute Gasteiger partial charge is 0.332 e. The molecule has 230 valence electrons. The van der Waals surface area contributed by atoms with Crippen molar-refractivity contribution in [2.75, 3.05) is 60.8 Å². The first-order valence-electron chi connectivity index (χ1n) is 15.4. The number of hydrogen-bond donors (Lipinski definition) is 2. The molecule has 2 heterocycles. The van der Waals surface area contributed by atoms with Gasteiger partial charge in [0.15, 0.2) is 0 Å². The van der Waals surface area contributed by atoms with Crippen LogP contribution in [0, 0.1) is 0 Å². The molecule has 1 aliphatic rings. The van der Waals surface area contributed by atoms with Crippen LogP contribution in [0.5, 0.6) is 5.75 Å². The first-order chi connectivity index (χ1) is 21.4. The molecule has 1 saturated heterocycles. The highest BCUT2D eigenvalue weighted by molar-refractivity contribution is 6.07. The molecule has 44 heavy (non-hydrogen) atoms. The minimum Gasteiger partial charge on any atom is -0.497 e. The zero-order chi connectivity index (χ0) is 31.1. The predicted molar refractivity (Wildman–Crippen MR) is 180 cm³/mol. The van der Waals surface area contributed by atoms with Gasteiger partial charge in [0.25, 0.3) is 0 Å². The van der Waals surface area contributed by atoms with E-state index in [1.54, 1.807) is 12.0 Å². The third-order valence-corrected chi connectivity index (χ3v) is 8.25. The molecule has 9 heteroatoms. The van der Waals surface area contributed by atoms with Crippen molar-refractivity contribution in [1.29, 1.82) is 0 Å². The first-order valence-corrected chi connectivity index (χ1v) is 15.4. The number of anilines is 6. The van der Waals surface area contributed by atoms with E-state index in [4.69, 9.17) is 4.74 Å². The number of nitrogens with one attached hydrogen (secondary N) is 2. The Morgan fingerprint density at radius 3 is 2.18 bits per heavy atom. The Labute approximate surface area is 260 Å². The van der Waals surface area contributed by atoms with Gasteiger partial charge in [-0.15, -0.1) is 0 Å². The van der Waals surface area contributed by atoms with E-state index in [0.717, 1.165) is 90.6 Å². The molecule has 0 unspecified atom stereocenters. The first kappa shape index (κ1) is 30.8. The molecule has 4 aromatic rings. The number of aryl methyl sites for hydroxylation is 3. The van der Waals surface area contributed by atoms with E-state index in [1.807, 2.05) is 42.5 Å². The number of rotatable bonds is 10. The number of carbonyl (C=O) groups is 1. The van der Waals surface area contributed by atoms with Gasteiger partial charge in [-0.1, -0.05) is 39.0 Å². The minimum absolute atomic E-state index is 0.281. The average molecular weight is 594 g/mol. The fourth-order valence-electron chi connectivity index (χ4n) is 5.58. The molecule has 2 N–H and O–H groups in total. The number of methoxy groups -OCH3 is 1. The molecule has 0 bridgehead atoms. The molecule has 9 nitrogen and oxygen atoms in total. The van der Waals surface area contributed by atoms with E-state index in [1.165, 1.54) is 6.33 Å². The Morgan fingerprint density at radius 1 is 0.864 bits per heavy atom. The SMILES string of the molecule is CCc1cc(OC)ccc1Nc1cc(N(C(=O)Nc2c(CC)cccc2CC)c2ccc(N3CCN(C)CC3)cc2)ncn1. The Kier molecular flexibility index (Phi) is 9.96. The maximum absolute atomic E-state index is 14.2. The number of likely N-dealkylation sites (N-methyl/N-ethyl adjacent to an activating group) is 1. The van der Waals surface area contributed by atoms with Crippen LogP contribution in [0.15, 0.2) is 73.1 Å². The summed E-state index contributed by atoms with van der Waals surface area (Å²) >= 11 is 0. The lowest BCUT2D eigenvalue weighted by atomic mass is 10.0. The summed E-state index contributed by atoms with van der Waals surface area (Å²) in [5.41, 5.74) is 6.94. The van der Waals surface area contributed by atoms with Crippen molar-refractivity contribution < 1.29 is 9.53 Å². The zero-order valence-electron chi connectivity index (χ0n) is 26.4. The summed E-state index contributed by atoms with van der Waals surface area (Å²) in [6.45, 7) is 10.3. The Morgan fingerprint density at radius 2 is 1.55 bits per heavy atom. The molecule has 0 saturated carbocycles. The van der Waals surface area contributed by atoms with Crippen LogP contribution in [0.25, 0.3) is 0 Å². The molecule has 0 atom stereocenters. The molecule has 3 aromatic carbocycles. The maximum atomic E-state index is 14.2. The van der Waals surface area contributed by atoms with Crippen molar-refractivity contribution in [3.05, 3.63) is 89.7 Å². The van der Waals surface area contributed by atoms with Crippen molar-refractivity contribution in [2.24, 2.45) is 0 Å². The lowest BCUT2D eigenvalue weighted by Gasteiger charge is -2.34. The van der Waals surface area contributed by atoms with Gasteiger partial charge in [-0.2, -0.15) is 0 Å². The summed E-state index contributed by atoms with van der Waals surface area (Å²) in [5, 5.41) is 6.66. The van der Waals surface area contributed by atoms with E-state index >= 15 is 0 Å². The summed E-state index contributed by atoms with van der Waals surface area (Å²) < 4.78 is 5.41. The molecule has 0 aliphatic carbocycles. The van der Waals surface area contributed by atoms with Crippen LogP contribution < -0.4 is 25.2 Å². The van der Waals surface area contributed by atoms with Crippen LogP contribution in [0.1, 0.15) is 37.5 Å². The number of para-hydroxylation sites is 1. The lowest BCUT2D eigenvalue weighted by molar-refractivity contribution is 0.259. The molecular weight excluding hydrogens is 550 g/mol. The summed E-state index contributed by atoms with van der Waals surface area (Å²) in [6.07, 6.45) is 3.93. The van der Waals surface area contributed by atoms with Crippen LogP contribution in [-0.4, -0.2) is 61.2 Å². The fraction of sp³-hybridized carbons (Fsp3) is 0.343. The molecule has 5 rings (SSSR count). The van der Waals surface area contributed by atoms with Gasteiger partial charge < -0.3 is 25.2 Å². The number of hydrogen-bond acceptors (Lipinski definition) is 7. The molecule has 1 aromatic heterocycles. The normalized spacial score (nSPS) is 13.4. The van der Waals surface area contributed by atoms with Gasteiger partial charge in [-0.3, -0.25) is 0 Å². The van der Waals surface area contributed by atoms with Gasteiger partial charge in [0.1, 0.15) is 23.7 Å². The van der Waals surface area contributed by atoms with Gasteiger partial charge in [0, 0.05) is 49.3 Å². The number of urea groups is 1. The molecule has 0 radical (unpaired) electrons. The largest absolute Gasteiger partial charge is 0.497 e. The highest BCUT2D eigenvalue weighted by Crippen LogP contribution is 2.32. The quantitative estimate of drug-likeness (QED) is 0.204. The maximum Gasteiger partial charge on any atom is 0.332 e. The predicted octanol–water partition coefficient (Wildman–Crippen LogP) is 7.04. The van der Waals surface area contributed by atoms with Crippen molar-refractivity contribution in [2.45, 2.75) is 40.0 Å². The van der Waals surface area contributed by atoms with Gasteiger partial charge in [-0.05, 0) is 85.5 Å². The number of benzene rings is 3. The van der Waals surface area contributed by atoms with E-state index < -0.39 is 0 Å². The van der Waals surface area contributed by atoms with Gasteiger partial charge in [-0.25, -0.2) is 19.7 Å². The monoisotopic (exact) mass is 593 g/mol. The van der Waals surface area contributed by atoms with Crippen molar-refractivity contribution in [3.63, 3.8) is 0 Å². The topological polar surface area (TPSA) is 85.9 Å². The zero-order valence-corrected chi connectivity index (χ0v) is 26.4. The number of ether oxygens (including phenoxy) is 1. The second-order valence-corrected chi connectivity index (χ2v) is 11.0. The van der Waals surface area contributed by atoms with E-state index in [9.17, 15) is 4.79 Å². The van der Waals surface area contributed by atoms with Crippen molar-refractivity contribution >= 4 is 40.4 Å². The standard InChI is InChI=1S/C35H43N7O2/c1-6-25-10-9-11-26(7-2)34(25)39-35(43)42(29-14-12-28(13-15-29)41-20-18-40(4)19-21-41)33-23-32(36-24-37-33)38-31-17-16-30(44-5)22-27(31)8-3/h9-17,22-24H,6-8,18-21H2,1-5H3,(H,39,43)(H,36,37,38). The van der Waals surface area contributed by atoms with Crippen LogP contribution >= 0.6 is 0 Å². The second-order valence-electron chi connectivity index (χ2n) is 11.0. The van der Waals surface area contributed by atoms with Gasteiger partial charge in [0.05, 0.1) is 12.8 Å². The summed E-state index contributed by atoms with van der Waals surface area (Å²) in [5.74, 6) is 1.85. The van der Waals surface area contributed by atoms with Crippen LogP contribution in [-0.2, 0) is 19.3 Å². The highest BCUT2D eigenvalue weighted by atomic mass is 16.5. The Hall–Kier alpha value is -4.63. The van der Waals surface area contributed by atoms with Crippen LogP contribution in [0.3, 0.4) is 0 Å². The van der Waals surface area contributed by atoms with E-state index in [0.29, 0.717) is 11.6 Å². The van der Waals surface area contributed by atoms with Crippen molar-refractivity contribution in [1.82, 2.24) is 14.9 Å². The minimum atomic E-state index is -0.281. The number of piperazine rings is 1. The molecule has 0 spiro atoms. The van der Waals surface area contributed by atoms with E-state index in [2.05, 4.69) is 82.5 Å². The van der Waals surface area contributed by atoms with E-state index in [-0.39, 0.29) is 6.03 Å². The Bertz CT molecular complexity index is 1540. The Balaban J connectivity index is 1.50. The summed E-state index contributed by atoms with van der Waals surface area (Å²) in [6, 6.07) is 21.8. The number of nitrogens with zero attached hydrogens (tertiary/aromatic N) is 5. The third-order valence-electron chi connectivity index (χ3n) is 8.25. The average Bonchev–Trinajstić information content (AvgIpc) is 3.06. The highest BCUT2D eigenvalue weighted by Gasteiger charge is 2.23. The summed E-state index contributed by atoms with van der Waals surface area (Å²) in [4.78, 5) is 29.6. The van der Waals surface area contributed by atoms with Gasteiger partial charge in [0.2, 0.25) is 0 Å². The molecular formula is C35H43N7O2. The number of aromatic nitrogens is 2. The number of carbonyl (C=O) groups excluding carboxylic acids is 1. The lowest BCUT2D eigenvalue weighted by Crippen LogP contribution is -2.44.